The summed E-state index contributed by atoms with van der Waals surface area (Å²) >= 11 is 5.77. The molecule has 0 radical (unpaired) electrons. The molecule has 0 atom stereocenters. The molecule has 4 nitrogen and oxygen atoms in total. The largest absolute Gasteiger partial charge is 0.417 e. The van der Waals surface area contributed by atoms with Gasteiger partial charge >= 0.3 is 6.18 Å². The quantitative estimate of drug-likeness (QED) is 0.587. The smallest absolute Gasteiger partial charge is 0.289 e. The highest BCUT2D eigenvalue weighted by Gasteiger charge is 2.36. The van der Waals surface area contributed by atoms with Crippen LogP contribution in [0.2, 0.25) is 5.02 Å². The van der Waals surface area contributed by atoms with Gasteiger partial charge in [0, 0.05) is 11.1 Å². The minimum atomic E-state index is -4.80. The van der Waals surface area contributed by atoms with Gasteiger partial charge in [0.2, 0.25) is 10.0 Å². The highest BCUT2D eigenvalue weighted by atomic mass is 35.5. The summed E-state index contributed by atoms with van der Waals surface area (Å²) in [6.45, 7) is 0. The number of benzene rings is 3. The van der Waals surface area contributed by atoms with Crippen LogP contribution < -0.4 is 5.14 Å². The Kier molecular flexibility index (Phi) is 5.53. The maximum Gasteiger partial charge on any atom is 0.417 e. The number of ketones is 1. The zero-order valence-corrected chi connectivity index (χ0v) is 16.1. The second-order valence-corrected chi connectivity index (χ2v) is 8.08. The van der Waals surface area contributed by atoms with Gasteiger partial charge in [-0.1, -0.05) is 48.0 Å². The summed E-state index contributed by atoms with van der Waals surface area (Å²) in [4.78, 5) is 12.2. The Morgan fingerprint density at radius 2 is 1.55 bits per heavy atom. The average Bonchev–Trinajstić information content (AvgIpc) is 2.66. The summed E-state index contributed by atoms with van der Waals surface area (Å²) in [6, 6.07) is 14.9. The van der Waals surface area contributed by atoms with Crippen LogP contribution >= 0.6 is 11.6 Å². The molecule has 3 aromatic carbocycles. The lowest BCUT2D eigenvalue weighted by Crippen LogP contribution is -2.16. The molecule has 0 spiro atoms. The highest BCUT2D eigenvalue weighted by molar-refractivity contribution is 7.89. The third kappa shape index (κ3) is 4.50. The van der Waals surface area contributed by atoms with Crippen molar-refractivity contribution in [1.82, 2.24) is 0 Å². The summed E-state index contributed by atoms with van der Waals surface area (Å²) in [5.41, 5.74) is -1.18. The number of nitrogens with two attached hydrogens (primary N) is 1. The molecule has 0 saturated carbocycles. The molecular formula is C20H13ClF3NO3S. The zero-order chi connectivity index (χ0) is 21.4. The Bertz CT molecular complexity index is 1190. The molecular weight excluding hydrogens is 427 g/mol. The van der Waals surface area contributed by atoms with E-state index < -0.39 is 38.0 Å². The third-order valence-electron chi connectivity index (χ3n) is 4.18. The van der Waals surface area contributed by atoms with Gasteiger partial charge in [0.15, 0.2) is 5.78 Å². The van der Waals surface area contributed by atoms with Gasteiger partial charge in [-0.3, -0.25) is 4.79 Å². The summed E-state index contributed by atoms with van der Waals surface area (Å²) in [5, 5.41) is 4.81. The maximum absolute atomic E-state index is 13.7. The van der Waals surface area contributed by atoms with Gasteiger partial charge in [0.25, 0.3) is 0 Å². The number of hydrogen-bond donors (Lipinski definition) is 1. The Labute approximate surface area is 169 Å². The van der Waals surface area contributed by atoms with E-state index in [0.29, 0.717) is 5.56 Å². The van der Waals surface area contributed by atoms with Crippen molar-refractivity contribution in [3.63, 3.8) is 0 Å². The molecule has 3 rings (SSSR count). The van der Waals surface area contributed by atoms with Gasteiger partial charge in [-0.2, -0.15) is 13.2 Å². The van der Waals surface area contributed by atoms with Crippen LogP contribution in [0.3, 0.4) is 0 Å². The maximum atomic E-state index is 13.7. The Balaban J connectivity index is 2.15. The summed E-state index contributed by atoms with van der Waals surface area (Å²) in [6.07, 6.45) is -4.80. The SMILES string of the molecule is NS(=O)(=O)c1cc(C(=O)c2ccc(-c3ccccc3)cc2C(F)(F)F)ccc1Cl. The fraction of sp³-hybridized carbons (Fsp3) is 0.0500. The molecule has 0 aromatic heterocycles. The van der Waals surface area contributed by atoms with Crippen molar-refractivity contribution in [2.75, 3.05) is 0 Å². The van der Waals surface area contributed by atoms with E-state index in [1.54, 1.807) is 30.3 Å². The van der Waals surface area contributed by atoms with Crippen LogP contribution in [0.25, 0.3) is 11.1 Å². The molecule has 0 saturated heterocycles. The molecule has 9 heteroatoms. The molecule has 150 valence electrons. The molecule has 0 bridgehead atoms. The van der Waals surface area contributed by atoms with Gasteiger partial charge in [-0.15, -0.1) is 0 Å². The van der Waals surface area contributed by atoms with Crippen LogP contribution in [0.15, 0.2) is 71.6 Å². The first kappa shape index (κ1) is 21.0. The minimum Gasteiger partial charge on any atom is -0.289 e. The van der Waals surface area contributed by atoms with Crippen LogP contribution in [-0.4, -0.2) is 14.2 Å². The van der Waals surface area contributed by atoms with Crippen molar-refractivity contribution in [1.29, 1.82) is 0 Å². The number of carbonyl (C=O) groups excluding carboxylic acids is 1. The second kappa shape index (κ2) is 7.62. The molecule has 0 unspecified atom stereocenters. The molecule has 0 aliphatic heterocycles. The molecule has 3 aromatic rings. The first-order chi connectivity index (χ1) is 13.5. The first-order valence-corrected chi connectivity index (χ1v) is 10.0. The molecule has 0 aliphatic carbocycles. The lowest BCUT2D eigenvalue weighted by molar-refractivity contribution is -0.137. The molecule has 29 heavy (non-hydrogen) atoms. The van der Waals surface area contributed by atoms with E-state index >= 15 is 0 Å². The van der Waals surface area contributed by atoms with E-state index in [1.165, 1.54) is 6.07 Å². The number of rotatable bonds is 4. The summed E-state index contributed by atoms with van der Waals surface area (Å²) in [7, 11) is -4.26. The predicted molar refractivity (Wildman–Crippen MR) is 103 cm³/mol. The van der Waals surface area contributed by atoms with Crippen LogP contribution in [0, 0.1) is 0 Å². The van der Waals surface area contributed by atoms with Crippen molar-refractivity contribution in [2.45, 2.75) is 11.1 Å². The predicted octanol–water partition coefficient (Wildman–Crippen LogP) is 4.90. The fourth-order valence-corrected chi connectivity index (χ4v) is 3.88. The summed E-state index contributed by atoms with van der Waals surface area (Å²) < 4.78 is 64.2. The van der Waals surface area contributed by atoms with Crippen LogP contribution in [-0.2, 0) is 16.2 Å². The van der Waals surface area contributed by atoms with Crippen molar-refractivity contribution >= 4 is 27.4 Å². The lowest BCUT2D eigenvalue weighted by atomic mass is 9.94. The van der Waals surface area contributed by atoms with Crippen molar-refractivity contribution in [2.24, 2.45) is 5.14 Å². The molecule has 0 heterocycles. The Morgan fingerprint density at radius 3 is 2.14 bits per heavy atom. The first-order valence-electron chi connectivity index (χ1n) is 8.12. The van der Waals surface area contributed by atoms with E-state index in [0.717, 1.165) is 30.3 Å². The number of hydrogen-bond acceptors (Lipinski definition) is 3. The van der Waals surface area contributed by atoms with Gasteiger partial charge in [0.05, 0.1) is 10.6 Å². The number of halogens is 4. The summed E-state index contributed by atoms with van der Waals surface area (Å²) in [5.74, 6) is -1.00. The zero-order valence-electron chi connectivity index (χ0n) is 14.6. The average molecular weight is 440 g/mol. The van der Waals surface area contributed by atoms with E-state index in [1.807, 2.05) is 0 Å². The van der Waals surface area contributed by atoms with Gasteiger partial charge in [-0.05, 0) is 41.5 Å². The number of alkyl halides is 3. The fourth-order valence-electron chi connectivity index (χ4n) is 2.81. The van der Waals surface area contributed by atoms with Crippen LogP contribution in [0.5, 0.6) is 0 Å². The highest BCUT2D eigenvalue weighted by Crippen LogP contribution is 2.36. The number of carbonyl (C=O) groups is 1. The number of sulfonamides is 1. The van der Waals surface area contributed by atoms with Crippen LogP contribution in [0.4, 0.5) is 13.2 Å². The topological polar surface area (TPSA) is 77.2 Å². The van der Waals surface area contributed by atoms with E-state index in [4.69, 9.17) is 16.7 Å². The molecule has 0 aliphatic rings. The van der Waals surface area contributed by atoms with E-state index in [-0.39, 0.29) is 16.1 Å². The Hall–Kier alpha value is -2.68. The minimum absolute atomic E-state index is 0.237. The van der Waals surface area contributed by atoms with E-state index in [9.17, 15) is 26.4 Å². The normalized spacial score (nSPS) is 12.0. The van der Waals surface area contributed by atoms with Crippen molar-refractivity contribution in [3.8, 4) is 11.1 Å². The van der Waals surface area contributed by atoms with Gasteiger partial charge in [-0.25, -0.2) is 13.6 Å². The van der Waals surface area contributed by atoms with Crippen molar-refractivity contribution < 1.29 is 26.4 Å². The number of primary sulfonamides is 1. The van der Waals surface area contributed by atoms with Gasteiger partial charge in [0.1, 0.15) is 4.90 Å². The molecule has 2 N–H and O–H groups in total. The van der Waals surface area contributed by atoms with E-state index in [2.05, 4.69) is 0 Å². The standard InChI is InChI=1S/C20H13ClF3NO3S/c21-17-9-7-14(11-18(17)29(25,27)28)19(26)15-8-6-13(10-16(15)20(22,23)24)12-4-2-1-3-5-12/h1-11H,(H2,25,27,28). The second-order valence-electron chi connectivity index (χ2n) is 6.14. The Morgan fingerprint density at radius 1 is 0.897 bits per heavy atom. The van der Waals surface area contributed by atoms with Gasteiger partial charge < -0.3 is 0 Å². The lowest BCUT2D eigenvalue weighted by Gasteiger charge is -2.15. The third-order valence-corrected chi connectivity index (χ3v) is 5.57. The molecule has 0 fully saturated rings. The molecule has 0 amide bonds. The monoisotopic (exact) mass is 439 g/mol. The van der Waals surface area contributed by atoms with Crippen molar-refractivity contribution in [3.05, 3.63) is 88.4 Å². The van der Waals surface area contributed by atoms with Crippen LogP contribution in [0.1, 0.15) is 21.5 Å².